The molecule has 0 aliphatic rings. The third kappa shape index (κ3) is 6.08. The van der Waals surface area contributed by atoms with E-state index in [1.807, 2.05) is 69.3 Å². The van der Waals surface area contributed by atoms with Crippen LogP contribution in [-0.4, -0.2) is 28.5 Å². The molecule has 0 bridgehead atoms. The second-order valence-electron chi connectivity index (χ2n) is 6.81. The van der Waals surface area contributed by atoms with E-state index in [1.54, 1.807) is 17.6 Å². The molecule has 5 nitrogen and oxygen atoms in total. The number of rotatable bonds is 6. The SMILES string of the molecule is CC(C)(C)Oc1ccc(/C=N\NC(=O)CSc2nc3ccccc3s2)cc1. The van der Waals surface area contributed by atoms with Gasteiger partial charge >= 0.3 is 0 Å². The van der Waals surface area contributed by atoms with Crippen molar-refractivity contribution in [2.24, 2.45) is 5.10 Å². The maximum atomic E-state index is 11.9. The number of fused-ring (bicyclic) bond motifs is 1. The van der Waals surface area contributed by atoms with Gasteiger partial charge in [-0.05, 0) is 62.7 Å². The fourth-order valence-corrected chi connectivity index (χ4v) is 4.09. The van der Waals surface area contributed by atoms with Gasteiger partial charge in [-0.3, -0.25) is 4.79 Å². The largest absolute Gasteiger partial charge is 0.488 e. The summed E-state index contributed by atoms with van der Waals surface area (Å²) in [4.78, 5) is 16.4. The lowest BCUT2D eigenvalue weighted by atomic mass is 10.2. The number of ether oxygens (including phenoxy) is 1. The van der Waals surface area contributed by atoms with Crippen LogP contribution in [0.1, 0.15) is 26.3 Å². The summed E-state index contributed by atoms with van der Waals surface area (Å²) < 4.78 is 7.78. The topological polar surface area (TPSA) is 63.6 Å². The molecule has 0 radical (unpaired) electrons. The Morgan fingerprint density at radius 2 is 1.96 bits per heavy atom. The Hall–Kier alpha value is -2.38. The first-order chi connectivity index (χ1) is 12.9. The van der Waals surface area contributed by atoms with Crippen LogP contribution >= 0.6 is 23.1 Å². The third-order valence-corrected chi connectivity index (χ3v) is 5.49. The van der Waals surface area contributed by atoms with Gasteiger partial charge in [0.15, 0.2) is 4.34 Å². The lowest BCUT2D eigenvalue weighted by molar-refractivity contribution is -0.118. The quantitative estimate of drug-likeness (QED) is 0.370. The predicted molar refractivity (Wildman–Crippen MR) is 113 cm³/mol. The number of nitrogens with one attached hydrogen (secondary N) is 1. The van der Waals surface area contributed by atoms with E-state index in [-0.39, 0.29) is 17.3 Å². The van der Waals surface area contributed by atoms with Gasteiger partial charge in [0.2, 0.25) is 0 Å². The molecule has 1 amide bonds. The summed E-state index contributed by atoms with van der Waals surface area (Å²) >= 11 is 3.00. The van der Waals surface area contributed by atoms with Crippen LogP contribution in [-0.2, 0) is 4.79 Å². The van der Waals surface area contributed by atoms with Crippen molar-refractivity contribution < 1.29 is 9.53 Å². The Kier molecular flexibility index (Phi) is 6.13. The van der Waals surface area contributed by atoms with Crippen molar-refractivity contribution in [1.29, 1.82) is 0 Å². The fourth-order valence-electron chi connectivity index (χ4n) is 2.23. The summed E-state index contributed by atoms with van der Waals surface area (Å²) in [6.45, 7) is 6.01. The van der Waals surface area contributed by atoms with Crippen molar-refractivity contribution in [3.8, 4) is 5.75 Å². The minimum absolute atomic E-state index is 0.164. The highest BCUT2D eigenvalue weighted by Gasteiger charge is 2.11. The lowest BCUT2D eigenvalue weighted by Crippen LogP contribution is -2.22. The van der Waals surface area contributed by atoms with Crippen molar-refractivity contribution in [1.82, 2.24) is 10.4 Å². The van der Waals surface area contributed by atoms with E-state index in [9.17, 15) is 4.79 Å². The number of hydrogen-bond acceptors (Lipinski definition) is 6. The van der Waals surface area contributed by atoms with Crippen LogP contribution in [0, 0.1) is 0 Å². The molecule has 0 saturated heterocycles. The zero-order chi connectivity index (χ0) is 19.3. The van der Waals surface area contributed by atoms with E-state index in [4.69, 9.17) is 4.74 Å². The zero-order valence-electron chi connectivity index (χ0n) is 15.4. The molecule has 2 aromatic carbocycles. The van der Waals surface area contributed by atoms with E-state index >= 15 is 0 Å². The molecule has 0 fully saturated rings. The monoisotopic (exact) mass is 399 g/mol. The highest BCUT2D eigenvalue weighted by molar-refractivity contribution is 8.01. The third-order valence-electron chi connectivity index (χ3n) is 3.31. The second kappa shape index (κ2) is 8.54. The summed E-state index contributed by atoms with van der Waals surface area (Å²) in [6, 6.07) is 15.5. The highest BCUT2D eigenvalue weighted by atomic mass is 32.2. The van der Waals surface area contributed by atoms with Crippen molar-refractivity contribution in [3.63, 3.8) is 0 Å². The predicted octanol–water partition coefficient (Wildman–Crippen LogP) is 4.72. The molecule has 1 aromatic heterocycles. The molecular weight excluding hydrogens is 378 g/mol. The van der Waals surface area contributed by atoms with E-state index in [1.165, 1.54) is 11.8 Å². The number of carbonyl (C=O) groups is 1. The van der Waals surface area contributed by atoms with Crippen LogP contribution in [0.25, 0.3) is 10.2 Å². The Balaban J connectivity index is 1.47. The fraction of sp³-hybridized carbons (Fsp3) is 0.250. The molecule has 0 aliphatic heterocycles. The minimum atomic E-state index is -0.232. The van der Waals surface area contributed by atoms with Gasteiger partial charge in [-0.2, -0.15) is 5.10 Å². The molecule has 3 aromatic rings. The van der Waals surface area contributed by atoms with Gasteiger partial charge in [0, 0.05) is 0 Å². The Morgan fingerprint density at radius 3 is 2.67 bits per heavy atom. The lowest BCUT2D eigenvalue weighted by Gasteiger charge is -2.21. The molecule has 0 atom stereocenters. The van der Waals surface area contributed by atoms with Gasteiger partial charge in [-0.25, -0.2) is 10.4 Å². The van der Waals surface area contributed by atoms with Crippen LogP contribution in [0.5, 0.6) is 5.75 Å². The summed E-state index contributed by atoms with van der Waals surface area (Å²) in [6.07, 6.45) is 1.61. The normalized spacial score (nSPS) is 11.8. The number of aromatic nitrogens is 1. The van der Waals surface area contributed by atoms with Gasteiger partial charge in [0.05, 0.1) is 22.2 Å². The van der Waals surface area contributed by atoms with Gasteiger partial charge in [0.1, 0.15) is 11.4 Å². The average Bonchev–Trinajstić information content (AvgIpc) is 3.03. The number of thiazole rings is 1. The minimum Gasteiger partial charge on any atom is -0.488 e. The molecule has 0 unspecified atom stereocenters. The highest BCUT2D eigenvalue weighted by Crippen LogP contribution is 2.29. The molecule has 140 valence electrons. The molecule has 1 N–H and O–H groups in total. The Bertz CT molecular complexity index is 911. The first kappa shape index (κ1) is 19.4. The number of hydrogen-bond donors (Lipinski definition) is 1. The molecule has 1 heterocycles. The number of amides is 1. The van der Waals surface area contributed by atoms with E-state index in [2.05, 4.69) is 15.5 Å². The number of nitrogens with zero attached hydrogens (tertiary/aromatic N) is 2. The molecule has 0 spiro atoms. The van der Waals surface area contributed by atoms with Crippen molar-refractivity contribution >= 4 is 45.4 Å². The first-order valence-electron chi connectivity index (χ1n) is 8.48. The second-order valence-corrected chi connectivity index (χ2v) is 9.07. The molecule has 0 saturated carbocycles. The maximum absolute atomic E-state index is 11.9. The van der Waals surface area contributed by atoms with E-state index in [0.29, 0.717) is 0 Å². The van der Waals surface area contributed by atoms with E-state index in [0.717, 1.165) is 25.9 Å². The van der Waals surface area contributed by atoms with Gasteiger partial charge < -0.3 is 4.74 Å². The molecule has 7 heteroatoms. The number of thioether (sulfide) groups is 1. The molecular formula is C20H21N3O2S2. The molecule has 0 aliphatic carbocycles. The Labute approximate surface area is 166 Å². The van der Waals surface area contributed by atoms with Crippen molar-refractivity contribution in [2.45, 2.75) is 30.7 Å². The summed E-state index contributed by atoms with van der Waals surface area (Å²) in [7, 11) is 0. The molecule has 27 heavy (non-hydrogen) atoms. The van der Waals surface area contributed by atoms with Crippen LogP contribution < -0.4 is 10.2 Å². The van der Waals surface area contributed by atoms with Gasteiger partial charge in [-0.1, -0.05) is 23.9 Å². The zero-order valence-corrected chi connectivity index (χ0v) is 17.1. The Morgan fingerprint density at radius 1 is 1.22 bits per heavy atom. The summed E-state index contributed by atoms with van der Waals surface area (Å²) in [5.74, 6) is 0.911. The number of benzene rings is 2. The van der Waals surface area contributed by atoms with Crippen LogP contribution in [0.4, 0.5) is 0 Å². The van der Waals surface area contributed by atoms with Crippen LogP contribution in [0.2, 0.25) is 0 Å². The molecule has 3 rings (SSSR count). The standard InChI is InChI=1S/C20H21N3O2S2/c1-20(2,3)25-15-10-8-14(9-11-15)12-21-23-18(24)13-26-19-22-16-6-4-5-7-17(16)27-19/h4-12H,13H2,1-3H3,(H,23,24)/b21-12-. The maximum Gasteiger partial charge on any atom is 0.250 e. The average molecular weight is 400 g/mol. The number of carbonyl (C=O) groups excluding carboxylic acids is 1. The van der Waals surface area contributed by atoms with Crippen LogP contribution in [0.15, 0.2) is 58.0 Å². The number of hydrazone groups is 1. The summed E-state index contributed by atoms with van der Waals surface area (Å²) in [5.41, 5.74) is 4.16. The summed E-state index contributed by atoms with van der Waals surface area (Å²) in [5, 5.41) is 4.01. The van der Waals surface area contributed by atoms with E-state index < -0.39 is 0 Å². The van der Waals surface area contributed by atoms with Crippen molar-refractivity contribution in [3.05, 3.63) is 54.1 Å². The van der Waals surface area contributed by atoms with Gasteiger partial charge in [-0.15, -0.1) is 11.3 Å². The number of para-hydroxylation sites is 1. The van der Waals surface area contributed by atoms with Crippen molar-refractivity contribution in [2.75, 3.05) is 5.75 Å². The van der Waals surface area contributed by atoms with Gasteiger partial charge in [0.25, 0.3) is 5.91 Å². The smallest absolute Gasteiger partial charge is 0.250 e. The van der Waals surface area contributed by atoms with Crippen LogP contribution in [0.3, 0.4) is 0 Å². The first-order valence-corrected chi connectivity index (χ1v) is 10.3.